The zero-order valence-corrected chi connectivity index (χ0v) is 16.5. The first-order valence-corrected chi connectivity index (χ1v) is 9.46. The number of hydrogen-bond donors (Lipinski definition) is 3. The zero-order valence-electron chi connectivity index (χ0n) is 15.6. The SMILES string of the molecule is CCCCc1ccc(-c2ccc(C(=O)NNC(=S)NC(C)C)cc2)cc1. The van der Waals surface area contributed by atoms with Gasteiger partial charge in [0.2, 0.25) is 0 Å². The van der Waals surface area contributed by atoms with Gasteiger partial charge < -0.3 is 5.32 Å². The Morgan fingerprint density at radius 1 is 0.962 bits per heavy atom. The van der Waals surface area contributed by atoms with Gasteiger partial charge in [0.15, 0.2) is 5.11 Å². The number of hydrogen-bond acceptors (Lipinski definition) is 2. The molecule has 0 aliphatic heterocycles. The fourth-order valence-corrected chi connectivity index (χ4v) is 2.83. The Morgan fingerprint density at radius 2 is 1.54 bits per heavy atom. The number of amides is 1. The Kier molecular flexibility index (Phi) is 7.60. The molecule has 2 rings (SSSR count). The van der Waals surface area contributed by atoms with Crippen LogP contribution >= 0.6 is 12.2 Å². The lowest BCUT2D eigenvalue weighted by Gasteiger charge is -2.13. The van der Waals surface area contributed by atoms with Crippen LogP contribution in [0.2, 0.25) is 0 Å². The van der Waals surface area contributed by atoms with Crippen molar-refractivity contribution in [2.45, 2.75) is 46.1 Å². The van der Waals surface area contributed by atoms with Gasteiger partial charge in [0.1, 0.15) is 0 Å². The molecule has 3 N–H and O–H groups in total. The van der Waals surface area contributed by atoms with E-state index in [1.165, 1.54) is 18.4 Å². The van der Waals surface area contributed by atoms with Gasteiger partial charge in [0, 0.05) is 11.6 Å². The first-order chi connectivity index (χ1) is 12.5. The van der Waals surface area contributed by atoms with Crippen LogP contribution in [0.5, 0.6) is 0 Å². The molecule has 0 radical (unpaired) electrons. The summed E-state index contributed by atoms with van der Waals surface area (Å²) >= 11 is 5.08. The van der Waals surface area contributed by atoms with Crippen LogP contribution in [0, 0.1) is 0 Å². The summed E-state index contributed by atoms with van der Waals surface area (Å²) in [6.07, 6.45) is 3.54. The van der Waals surface area contributed by atoms with Crippen molar-refractivity contribution in [3.05, 3.63) is 59.7 Å². The van der Waals surface area contributed by atoms with Crippen molar-refractivity contribution in [3.63, 3.8) is 0 Å². The summed E-state index contributed by atoms with van der Waals surface area (Å²) in [6.45, 7) is 6.16. The largest absolute Gasteiger partial charge is 0.359 e. The summed E-state index contributed by atoms with van der Waals surface area (Å²) in [5, 5.41) is 3.40. The van der Waals surface area contributed by atoms with Crippen LogP contribution in [-0.2, 0) is 6.42 Å². The van der Waals surface area contributed by atoms with Gasteiger partial charge in [-0.05, 0) is 67.7 Å². The predicted octanol–water partition coefficient (Wildman–Crippen LogP) is 4.21. The molecule has 0 heterocycles. The van der Waals surface area contributed by atoms with Gasteiger partial charge >= 0.3 is 0 Å². The highest BCUT2D eigenvalue weighted by Gasteiger charge is 2.07. The summed E-state index contributed by atoms with van der Waals surface area (Å²) in [7, 11) is 0. The van der Waals surface area contributed by atoms with Crippen molar-refractivity contribution in [2.24, 2.45) is 0 Å². The lowest BCUT2D eigenvalue weighted by atomic mass is 10.0. The molecule has 0 saturated carbocycles. The van der Waals surface area contributed by atoms with E-state index in [9.17, 15) is 4.79 Å². The smallest absolute Gasteiger partial charge is 0.269 e. The molecule has 0 unspecified atom stereocenters. The normalized spacial score (nSPS) is 10.5. The molecule has 0 aliphatic carbocycles. The molecule has 0 fully saturated rings. The van der Waals surface area contributed by atoms with Gasteiger partial charge in [-0.15, -0.1) is 0 Å². The van der Waals surface area contributed by atoms with Gasteiger partial charge in [0.05, 0.1) is 0 Å². The van der Waals surface area contributed by atoms with Gasteiger partial charge in [0.25, 0.3) is 5.91 Å². The molecule has 0 bridgehead atoms. The Balaban J connectivity index is 1.94. The summed E-state index contributed by atoms with van der Waals surface area (Å²) in [5.74, 6) is -0.223. The van der Waals surface area contributed by atoms with Crippen LogP contribution in [0.15, 0.2) is 48.5 Å². The summed E-state index contributed by atoms with van der Waals surface area (Å²) in [6, 6.07) is 16.4. The van der Waals surface area contributed by atoms with Gasteiger partial charge in [-0.3, -0.25) is 15.6 Å². The van der Waals surface area contributed by atoms with Crippen molar-refractivity contribution in [2.75, 3.05) is 0 Å². The minimum absolute atomic E-state index is 0.208. The van der Waals surface area contributed by atoms with Crippen LogP contribution in [-0.4, -0.2) is 17.1 Å². The van der Waals surface area contributed by atoms with E-state index in [0.29, 0.717) is 10.7 Å². The second kappa shape index (κ2) is 9.92. The molecular formula is C21H27N3OS. The second-order valence-electron chi connectivity index (χ2n) is 6.59. The van der Waals surface area contributed by atoms with E-state index >= 15 is 0 Å². The number of thiocarbonyl (C=S) groups is 1. The summed E-state index contributed by atoms with van der Waals surface area (Å²) in [4.78, 5) is 12.2. The first kappa shape index (κ1) is 19.9. The Morgan fingerprint density at radius 3 is 2.08 bits per heavy atom. The van der Waals surface area contributed by atoms with Crippen molar-refractivity contribution >= 4 is 23.2 Å². The zero-order chi connectivity index (χ0) is 18.9. The van der Waals surface area contributed by atoms with Crippen LogP contribution in [0.1, 0.15) is 49.5 Å². The fourth-order valence-electron chi connectivity index (χ4n) is 2.54. The molecule has 0 aromatic heterocycles. The number of aryl methyl sites for hydroxylation is 1. The number of carbonyl (C=O) groups excluding carboxylic acids is 1. The third-order valence-corrected chi connectivity index (χ3v) is 4.18. The molecule has 4 nitrogen and oxygen atoms in total. The lowest BCUT2D eigenvalue weighted by molar-refractivity contribution is 0.0943. The quantitative estimate of drug-likeness (QED) is 0.527. The second-order valence-corrected chi connectivity index (χ2v) is 6.99. The van der Waals surface area contributed by atoms with Crippen LogP contribution in [0.25, 0.3) is 11.1 Å². The summed E-state index contributed by atoms with van der Waals surface area (Å²) in [5.41, 5.74) is 9.48. The van der Waals surface area contributed by atoms with Crippen molar-refractivity contribution in [1.82, 2.24) is 16.2 Å². The van der Waals surface area contributed by atoms with E-state index in [4.69, 9.17) is 12.2 Å². The maximum absolute atomic E-state index is 12.2. The van der Waals surface area contributed by atoms with Crippen molar-refractivity contribution < 1.29 is 4.79 Å². The van der Waals surface area contributed by atoms with Gasteiger partial charge in [-0.2, -0.15) is 0 Å². The standard InChI is InChI=1S/C21H27N3OS/c1-4-5-6-16-7-9-17(10-8-16)18-11-13-19(14-12-18)20(25)23-24-21(26)22-15(2)3/h7-15H,4-6H2,1-3H3,(H,23,25)(H2,22,24,26). The molecule has 0 saturated heterocycles. The summed E-state index contributed by atoms with van der Waals surface area (Å²) < 4.78 is 0. The Hall–Kier alpha value is -2.40. The lowest BCUT2D eigenvalue weighted by Crippen LogP contribution is -2.48. The molecule has 2 aromatic carbocycles. The average molecular weight is 370 g/mol. The van der Waals surface area contributed by atoms with Gasteiger partial charge in [-0.25, -0.2) is 0 Å². The predicted molar refractivity (Wildman–Crippen MR) is 112 cm³/mol. The highest BCUT2D eigenvalue weighted by Crippen LogP contribution is 2.21. The minimum Gasteiger partial charge on any atom is -0.359 e. The number of unbranched alkanes of at least 4 members (excludes halogenated alkanes) is 1. The Bertz CT molecular complexity index is 724. The number of nitrogens with one attached hydrogen (secondary N) is 3. The average Bonchev–Trinajstić information content (AvgIpc) is 2.64. The van der Waals surface area contributed by atoms with Crippen LogP contribution in [0.3, 0.4) is 0 Å². The fraction of sp³-hybridized carbons (Fsp3) is 0.333. The van der Waals surface area contributed by atoms with Crippen molar-refractivity contribution in [3.8, 4) is 11.1 Å². The van der Waals surface area contributed by atoms with E-state index in [0.717, 1.165) is 17.5 Å². The number of rotatable bonds is 6. The van der Waals surface area contributed by atoms with Crippen LogP contribution in [0.4, 0.5) is 0 Å². The molecule has 0 spiro atoms. The molecule has 138 valence electrons. The third kappa shape index (κ3) is 6.15. The monoisotopic (exact) mass is 369 g/mol. The van der Waals surface area contributed by atoms with Crippen molar-refractivity contribution in [1.29, 1.82) is 0 Å². The number of hydrazine groups is 1. The third-order valence-electron chi connectivity index (χ3n) is 3.96. The molecule has 1 amide bonds. The molecule has 0 aliphatic rings. The van der Waals surface area contributed by atoms with E-state index in [1.54, 1.807) is 0 Å². The van der Waals surface area contributed by atoms with E-state index in [-0.39, 0.29) is 11.9 Å². The minimum atomic E-state index is -0.223. The first-order valence-electron chi connectivity index (χ1n) is 9.06. The maximum atomic E-state index is 12.2. The van der Waals surface area contributed by atoms with Crippen LogP contribution < -0.4 is 16.2 Å². The Labute approximate surface area is 161 Å². The highest BCUT2D eigenvalue weighted by atomic mass is 32.1. The van der Waals surface area contributed by atoms with E-state index in [2.05, 4.69) is 47.4 Å². The highest BCUT2D eigenvalue weighted by molar-refractivity contribution is 7.80. The molecule has 0 atom stereocenters. The maximum Gasteiger partial charge on any atom is 0.269 e. The molecule has 26 heavy (non-hydrogen) atoms. The van der Waals surface area contributed by atoms with Gasteiger partial charge in [-0.1, -0.05) is 49.7 Å². The van der Waals surface area contributed by atoms with E-state index in [1.807, 2.05) is 38.1 Å². The molecule has 5 heteroatoms. The topological polar surface area (TPSA) is 53.2 Å². The number of carbonyl (C=O) groups is 1. The number of benzene rings is 2. The molecule has 2 aromatic rings. The van der Waals surface area contributed by atoms with E-state index < -0.39 is 0 Å². The molecular weight excluding hydrogens is 342 g/mol.